The molecule has 1 atom stereocenters. The number of rotatable bonds is 3. The maximum atomic E-state index is 9.51. The van der Waals surface area contributed by atoms with E-state index in [9.17, 15) is 5.11 Å². The minimum atomic E-state index is -0.483. The Balaban J connectivity index is 2.25. The van der Waals surface area contributed by atoms with Crippen molar-refractivity contribution < 1.29 is 5.11 Å². The Morgan fingerprint density at radius 2 is 2.06 bits per heavy atom. The van der Waals surface area contributed by atoms with Gasteiger partial charge in [0.05, 0.1) is 11.1 Å². The van der Waals surface area contributed by atoms with Crippen molar-refractivity contribution in [1.29, 1.82) is 0 Å². The Hall–Kier alpha value is -1.03. The molecule has 2 rings (SSSR count). The molecule has 2 nitrogen and oxygen atoms in total. The SMILES string of the molecule is C[C@@H](O)c1ccnc(Sc2ccccc2Cl)c1. The van der Waals surface area contributed by atoms with Crippen LogP contribution in [0.2, 0.25) is 5.02 Å². The van der Waals surface area contributed by atoms with Crippen LogP contribution in [0.3, 0.4) is 0 Å². The van der Waals surface area contributed by atoms with Gasteiger partial charge in [-0.2, -0.15) is 0 Å². The van der Waals surface area contributed by atoms with E-state index in [0.29, 0.717) is 5.02 Å². The van der Waals surface area contributed by atoms with Gasteiger partial charge in [0, 0.05) is 11.1 Å². The van der Waals surface area contributed by atoms with Crippen LogP contribution in [-0.2, 0) is 0 Å². The highest BCUT2D eigenvalue weighted by Crippen LogP contribution is 2.32. The van der Waals surface area contributed by atoms with Gasteiger partial charge in [-0.05, 0) is 36.8 Å². The zero-order valence-electron chi connectivity index (χ0n) is 9.30. The third-order valence-electron chi connectivity index (χ3n) is 2.29. The van der Waals surface area contributed by atoms with Crippen molar-refractivity contribution in [1.82, 2.24) is 4.98 Å². The molecule has 1 N–H and O–H groups in total. The Morgan fingerprint density at radius 1 is 1.29 bits per heavy atom. The summed E-state index contributed by atoms with van der Waals surface area (Å²) >= 11 is 7.57. The predicted octanol–water partition coefficient (Wildman–Crippen LogP) is 3.94. The third-order valence-corrected chi connectivity index (χ3v) is 3.74. The van der Waals surface area contributed by atoms with E-state index in [1.165, 1.54) is 11.8 Å². The fourth-order valence-corrected chi connectivity index (χ4v) is 2.48. The van der Waals surface area contributed by atoms with Gasteiger partial charge in [-0.3, -0.25) is 0 Å². The van der Waals surface area contributed by atoms with E-state index in [4.69, 9.17) is 11.6 Å². The summed E-state index contributed by atoms with van der Waals surface area (Å²) in [5, 5.41) is 11.0. The summed E-state index contributed by atoms with van der Waals surface area (Å²) in [6.45, 7) is 1.74. The van der Waals surface area contributed by atoms with Crippen molar-refractivity contribution in [2.75, 3.05) is 0 Å². The van der Waals surface area contributed by atoms with E-state index in [0.717, 1.165) is 15.5 Å². The molecule has 0 saturated heterocycles. The van der Waals surface area contributed by atoms with Gasteiger partial charge in [-0.1, -0.05) is 35.5 Å². The fourth-order valence-electron chi connectivity index (χ4n) is 1.38. The second-order valence-electron chi connectivity index (χ2n) is 3.64. The molecule has 2 aromatic rings. The van der Waals surface area contributed by atoms with E-state index in [1.807, 2.05) is 30.3 Å². The van der Waals surface area contributed by atoms with Crippen LogP contribution >= 0.6 is 23.4 Å². The molecule has 0 unspecified atom stereocenters. The zero-order chi connectivity index (χ0) is 12.3. The van der Waals surface area contributed by atoms with Gasteiger partial charge in [0.2, 0.25) is 0 Å². The van der Waals surface area contributed by atoms with E-state index in [2.05, 4.69) is 4.98 Å². The minimum Gasteiger partial charge on any atom is -0.389 e. The normalized spacial score (nSPS) is 12.4. The maximum absolute atomic E-state index is 9.51. The Labute approximate surface area is 110 Å². The molecule has 0 aliphatic heterocycles. The first-order valence-electron chi connectivity index (χ1n) is 5.23. The number of aliphatic hydroxyl groups excluding tert-OH is 1. The van der Waals surface area contributed by atoms with Gasteiger partial charge in [0.1, 0.15) is 5.03 Å². The molecule has 4 heteroatoms. The van der Waals surface area contributed by atoms with Gasteiger partial charge < -0.3 is 5.11 Å². The average Bonchev–Trinajstić information content (AvgIpc) is 2.32. The highest BCUT2D eigenvalue weighted by Gasteiger charge is 2.06. The van der Waals surface area contributed by atoms with Crippen molar-refractivity contribution in [2.24, 2.45) is 0 Å². The summed E-state index contributed by atoms with van der Waals surface area (Å²) in [7, 11) is 0. The van der Waals surface area contributed by atoms with Gasteiger partial charge in [0.15, 0.2) is 0 Å². The molecule has 0 radical (unpaired) electrons. The Morgan fingerprint density at radius 3 is 2.76 bits per heavy atom. The van der Waals surface area contributed by atoms with Gasteiger partial charge >= 0.3 is 0 Å². The summed E-state index contributed by atoms with van der Waals surface area (Å²) < 4.78 is 0. The fraction of sp³-hybridized carbons (Fsp3) is 0.154. The third kappa shape index (κ3) is 3.22. The van der Waals surface area contributed by atoms with E-state index < -0.39 is 6.10 Å². The van der Waals surface area contributed by atoms with E-state index in [-0.39, 0.29) is 0 Å². The lowest BCUT2D eigenvalue weighted by molar-refractivity contribution is 0.199. The molecule has 0 aliphatic carbocycles. The Kier molecular flexibility index (Phi) is 4.05. The topological polar surface area (TPSA) is 33.1 Å². The number of halogens is 1. The Bertz CT molecular complexity index is 516. The number of hydrogen-bond acceptors (Lipinski definition) is 3. The molecule has 0 bridgehead atoms. The van der Waals surface area contributed by atoms with Crippen molar-refractivity contribution in [2.45, 2.75) is 22.9 Å². The maximum Gasteiger partial charge on any atom is 0.101 e. The number of aliphatic hydroxyl groups is 1. The molecule has 1 heterocycles. The van der Waals surface area contributed by atoms with Crippen LogP contribution < -0.4 is 0 Å². The van der Waals surface area contributed by atoms with Crippen LogP contribution in [0.4, 0.5) is 0 Å². The average molecular weight is 266 g/mol. The van der Waals surface area contributed by atoms with Crippen LogP contribution in [-0.4, -0.2) is 10.1 Å². The van der Waals surface area contributed by atoms with Crippen LogP contribution in [0.15, 0.2) is 52.5 Å². The molecule has 0 fully saturated rings. The number of hydrogen-bond donors (Lipinski definition) is 1. The van der Waals surface area contributed by atoms with E-state index >= 15 is 0 Å². The second kappa shape index (κ2) is 5.54. The number of nitrogens with zero attached hydrogens (tertiary/aromatic N) is 1. The van der Waals surface area contributed by atoms with Crippen molar-refractivity contribution in [3.8, 4) is 0 Å². The second-order valence-corrected chi connectivity index (χ2v) is 5.11. The molecule has 1 aromatic carbocycles. The van der Waals surface area contributed by atoms with Crippen LogP contribution in [0.5, 0.6) is 0 Å². The molecule has 1 aromatic heterocycles. The molecule has 0 spiro atoms. The molecule has 0 saturated carbocycles. The monoisotopic (exact) mass is 265 g/mol. The molecule has 0 amide bonds. The predicted molar refractivity (Wildman–Crippen MR) is 70.4 cm³/mol. The lowest BCUT2D eigenvalue weighted by Crippen LogP contribution is -1.92. The first-order chi connectivity index (χ1) is 8.16. The lowest BCUT2D eigenvalue weighted by atomic mass is 10.2. The number of pyridine rings is 1. The van der Waals surface area contributed by atoms with Crippen LogP contribution in [0, 0.1) is 0 Å². The van der Waals surface area contributed by atoms with Gasteiger partial charge in [-0.15, -0.1) is 0 Å². The van der Waals surface area contributed by atoms with Crippen LogP contribution in [0.1, 0.15) is 18.6 Å². The summed E-state index contributed by atoms with van der Waals surface area (Å²) in [6, 6.07) is 11.3. The summed E-state index contributed by atoms with van der Waals surface area (Å²) in [5.41, 5.74) is 0.856. The molecular formula is C13H12ClNOS. The molecule has 17 heavy (non-hydrogen) atoms. The largest absolute Gasteiger partial charge is 0.389 e. The van der Waals surface area contributed by atoms with Crippen LogP contribution in [0.25, 0.3) is 0 Å². The number of benzene rings is 1. The smallest absolute Gasteiger partial charge is 0.101 e. The lowest BCUT2D eigenvalue weighted by Gasteiger charge is -2.07. The summed E-state index contributed by atoms with van der Waals surface area (Å²) in [4.78, 5) is 5.21. The summed E-state index contributed by atoms with van der Waals surface area (Å²) in [5.74, 6) is 0. The molecule has 88 valence electrons. The first kappa shape index (κ1) is 12.4. The molecular weight excluding hydrogens is 254 g/mol. The zero-order valence-corrected chi connectivity index (χ0v) is 10.9. The highest BCUT2D eigenvalue weighted by atomic mass is 35.5. The van der Waals surface area contributed by atoms with Crippen molar-refractivity contribution in [3.63, 3.8) is 0 Å². The van der Waals surface area contributed by atoms with Crippen molar-refractivity contribution in [3.05, 3.63) is 53.2 Å². The van der Waals surface area contributed by atoms with E-state index in [1.54, 1.807) is 19.2 Å². The summed E-state index contributed by atoms with van der Waals surface area (Å²) in [6.07, 6.45) is 1.21. The molecule has 0 aliphatic rings. The first-order valence-corrected chi connectivity index (χ1v) is 6.42. The quantitative estimate of drug-likeness (QED) is 0.913. The highest BCUT2D eigenvalue weighted by molar-refractivity contribution is 7.99. The van der Waals surface area contributed by atoms with Gasteiger partial charge in [-0.25, -0.2) is 4.98 Å². The standard InChI is InChI=1S/C13H12ClNOS/c1-9(16)10-6-7-15-13(8-10)17-12-5-3-2-4-11(12)14/h2-9,16H,1H3/t9-/m1/s1. The van der Waals surface area contributed by atoms with Crippen molar-refractivity contribution >= 4 is 23.4 Å². The number of aromatic nitrogens is 1. The minimum absolute atomic E-state index is 0.483. The van der Waals surface area contributed by atoms with Gasteiger partial charge in [0.25, 0.3) is 0 Å².